The number of thiocarbonyl (C=S) groups is 1. The summed E-state index contributed by atoms with van der Waals surface area (Å²) < 4.78 is 69.8. The summed E-state index contributed by atoms with van der Waals surface area (Å²) in [5, 5.41) is 0.0582. The van der Waals surface area contributed by atoms with Gasteiger partial charge in [0.1, 0.15) is 11.3 Å². The summed E-state index contributed by atoms with van der Waals surface area (Å²) in [6.45, 7) is 12.4. The minimum atomic E-state index is -4.76. The Labute approximate surface area is 213 Å². The second kappa shape index (κ2) is 10.1. The molecule has 3 rings (SSSR count). The lowest BCUT2D eigenvalue weighted by Crippen LogP contribution is -2.44. The van der Waals surface area contributed by atoms with Crippen molar-refractivity contribution in [3.8, 4) is 5.75 Å². The Kier molecular flexibility index (Phi) is 7.66. The number of benzene rings is 2. The zero-order valence-corrected chi connectivity index (χ0v) is 21.4. The van der Waals surface area contributed by atoms with Crippen LogP contribution in [0.1, 0.15) is 32.8 Å². The van der Waals surface area contributed by atoms with Crippen LogP contribution in [0.25, 0.3) is 4.85 Å². The van der Waals surface area contributed by atoms with Gasteiger partial charge in [0.2, 0.25) is 0 Å². The lowest BCUT2D eigenvalue weighted by molar-refractivity contribution is -0.136. The molecule has 0 bridgehead atoms. The fourth-order valence-electron chi connectivity index (χ4n) is 3.75. The van der Waals surface area contributed by atoms with E-state index >= 15 is 0 Å². The van der Waals surface area contributed by atoms with Crippen molar-refractivity contribution in [2.24, 2.45) is 0 Å². The van der Waals surface area contributed by atoms with Gasteiger partial charge < -0.3 is 9.64 Å². The van der Waals surface area contributed by atoms with Crippen molar-refractivity contribution in [2.45, 2.75) is 43.8 Å². The lowest BCUT2D eigenvalue weighted by atomic mass is 10.0. The van der Waals surface area contributed by atoms with Crippen LogP contribution in [-0.2, 0) is 20.8 Å². The number of halogens is 3. The highest BCUT2D eigenvalue weighted by atomic mass is 32.2. The zero-order valence-electron chi connectivity index (χ0n) is 19.8. The number of amides is 1. The summed E-state index contributed by atoms with van der Waals surface area (Å²) >= 11 is 5.46. The number of alkyl halides is 3. The Hall–Kier alpha value is -3.17. The quantitative estimate of drug-likeness (QED) is 0.260. The van der Waals surface area contributed by atoms with E-state index in [9.17, 15) is 26.4 Å². The van der Waals surface area contributed by atoms with E-state index in [0.717, 1.165) is 17.0 Å². The second-order valence-corrected chi connectivity index (χ2v) is 11.2. The molecule has 1 fully saturated rings. The first-order chi connectivity index (χ1) is 16.7. The van der Waals surface area contributed by atoms with Crippen LogP contribution >= 0.6 is 12.2 Å². The Morgan fingerprint density at radius 2 is 1.78 bits per heavy atom. The molecule has 12 heteroatoms. The van der Waals surface area contributed by atoms with Crippen molar-refractivity contribution < 1.29 is 31.1 Å². The van der Waals surface area contributed by atoms with E-state index in [0.29, 0.717) is 18.7 Å². The van der Waals surface area contributed by atoms with E-state index < -0.39 is 38.7 Å². The summed E-state index contributed by atoms with van der Waals surface area (Å²) in [7, 11) is -3.31. The van der Waals surface area contributed by atoms with Crippen LogP contribution in [0.3, 0.4) is 0 Å². The third kappa shape index (κ3) is 5.32. The minimum absolute atomic E-state index is 0.00427. The number of rotatable bonds is 8. The van der Waals surface area contributed by atoms with Gasteiger partial charge in [-0.1, -0.05) is 13.0 Å². The van der Waals surface area contributed by atoms with Crippen LogP contribution in [0.4, 0.5) is 24.5 Å². The van der Waals surface area contributed by atoms with Crippen molar-refractivity contribution in [2.75, 3.05) is 23.8 Å². The molecule has 0 saturated carbocycles. The van der Waals surface area contributed by atoms with Gasteiger partial charge in [0.15, 0.2) is 20.6 Å². The highest BCUT2D eigenvalue weighted by molar-refractivity contribution is 7.91. The van der Waals surface area contributed by atoms with Gasteiger partial charge in [-0.15, -0.1) is 0 Å². The van der Waals surface area contributed by atoms with Gasteiger partial charge in [-0.25, -0.2) is 13.3 Å². The van der Waals surface area contributed by atoms with Gasteiger partial charge in [0.25, 0.3) is 5.91 Å². The molecule has 0 unspecified atom stereocenters. The average molecular weight is 540 g/mol. The van der Waals surface area contributed by atoms with Gasteiger partial charge in [-0.05, 0) is 68.9 Å². The summed E-state index contributed by atoms with van der Waals surface area (Å²) in [5.74, 6) is -0.00851. The molecular formula is C24H24F3N3O4S2. The fraction of sp³-hybridized carbons (Fsp3) is 0.375. The van der Waals surface area contributed by atoms with Gasteiger partial charge >= 0.3 is 6.18 Å². The molecule has 0 radical (unpaired) electrons. The maximum Gasteiger partial charge on any atom is 0.407 e. The Morgan fingerprint density at radius 3 is 2.33 bits per heavy atom. The van der Waals surface area contributed by atoms with Crippen LogP contribution in [0.2, 0.25) is 0 Å². The van der Waals surface area contributed by atoms with Crippen molar-refractivity contribution in [1.82, 2.24) is 4.90 Å². The van der Waals surface area contributed by atoms with Gasteiger partial charge in [0, 0.05) is 12.2 Å². The van der Waals surface area contributed by atoms with E-state index in [1.54, 1.807) is 37.8 Å². The highest BCUT2D eigenvalue weighted by Gasteiger charge is 2.49. The van der Waals surface area contributed by atoms with Crippen molar-refractivity contribution in [3.05, 3.63) is 59.4 Å². The van der Waals surface area contributed by atoms with Crippen LogP contribution in [0.5, 0.6) is 5.75 Å². The van der Waals surface area contributed by atoms with E-state index in [1.165, 1.54) is 18.2 Å². The molecule has 7 nitrogen and oxygen atoms in total. The number of hydrogen-bond acceptors (Lipinski definition) is 5. The average Bonchev–Trinajstić information content (AvgIpc) is 2.99. The molecule has 1 aliphatic heterocycles. The van der Waals surface area contributed by atoms with Gasteiger partial charge in [-0.3, -0.25) is 9.69 Å². The fourth-order valence-corrected chi connectivity index (χ4v) is 5.14. The first-order valence-electron chi connectivity index (χ1n) is 10.9. The Balaban J connectivity index is 1.70. The molecule has 0 aliphatic carbocycles. The number of carbonyl (C=O) groups excluding carboxylic acids is 1. The highest BCUT2D eigenvalue weighted by Crippen LogP contribution is 2.40. The number of carbonyl (C=O) groups is 1. The smallest absolute Gasteiger partial charge is 0.407 e. The van der Waals surface area contributed by atoms with Crippen LogP contribution in [0.15, 0.2) is 47.4 Å². The molecule has 1 saturated heterocycles. The van der Waals surface area contributed by atoms with Gasteiger partial charge in [0.05, 0.1) is 29.4 Å². The van der Waals surface area contributed by atoms with Crippen molar-refractivity contribution >= 4 is 44.4 Å². The molecule has 1 amide bonds. The number of ether oxygens (including phenoxy) is 1. The molecule has 1 aliphatic rings. The number of sulfone groups is 1. The molecule has 0 spiro atoms. The third-order valence-corrected chi connectivity index (χ3v) is 8.00. The van der Waals surface area contributed by atoms with E-state index in [2.05, 4.69) is 4.85 Å². The molecule has 192 valence electrons. The van der Waals surface area contributed by atoms with Gasteiger partial charge in [-0.2, -0.15) is 13.2 Å². The number of anilines is 1. The number of nitrogens with zero attached hydrogens (tertiary/aromatic N) is 3. The maximum atomic E-state index is 13.4. The third-order valence-electron chi connectivity index (χ3n) is 5.85. The minimum Gasteiger partial charge on any atom is -0.494 e. The van der Waals surface area contributed by atoms with Crippen molar-refractivity contribution in [3.63, 3.8) is 0 Å². The first-order valence-corrected chi connectivity index (χ1v) is 13.0. The summed E-state index contributed by atoms with van der Waals surface area (Å²) in [6.07, 6.45) is -4.32. The van der Waals surface area contributed by atoms with Crippen LogP contribution in [-0.4, -0.2) is 48.8 Å². The zero-order chi connectivity index (χ0) is 26.9. The standard InChI is InChI=1S/C24H24F3N3O4S2/c1-5-36(32,33)18-10-8-17(9-11-18)34-14-6-13-29-22(35)30(21(31)23(29,2)3)16-7-12-20(28-4)19(15-16)24(25,26)27/h7-12,15H,5-6,13-14H2,1-3H3. The Morgan fingerprint density at radius 1 is 1.14 bits per heavy atom. The molecule has 36 heavy (non-hydrogen) atoms. The van der Waals surface area contributed by atoms with Crippen molar-refractivity contribution in [1.29, 1.82) is 0 Å². The first kappa shape index (κ1) is 27.4. The van der Waals surface area contributed by atoms with Crippen LogP contribution in [0, 0.1) is 6.57 Å². The molecule has 2 aromatic carbocycles. The topological polar surface area (TPSA) is 71.3 Å². The SMILES string of the molecule is [C-]#[N+]c1ccc(N2C(=O)C(C)(C)N(CCCOc3ccc(S(=O)(=O)CC)cc3)C2=S)cc1C(F)(F)F. The predicted molar refractivity (Wildman–Crippen MR) is 133 cm³/mol. The molecule has 0 N–H and O–H groups in total. The summed E-state index contributed by atoms with van der Waals surface area (Å²) in [5.41, 5.74) is -2.85. The summed E-state index contributed by atoms with van der Waals surface area (Å²) in [6, 6.07) is 9.13. The van der Waals surface area contributed by atoms with Crippen LogP contribution < -0.4 is 9.64 Å². The van der Waals surface area contributed by atoms with E-state index in [-0.39, 0.29) is 28.1 Å². The summed E-state index contributed by atoms with van der Waals surface area (Å²) in [4.78, 5) is 18.9. The number of hydrogen-bond donors (Lipinski definition) is 0. The molecular weight excluding hydrogens is 515 g/mol. The molecule has 1 heterocycles. The second-order valence-electron chi connectivity index (χ2n) is 8.52. The molecule has 2 aromatic rings. The van der Waals surface area contributed by atoms with E-state index in [4.69, 9.17) is 23.5 Å². The molecule has 0 aromatic heterocycles. The monoisotopic (exact) mass is 539 g/mol. The Bertz CT molecular complexity index is 1320. The van der Waals surface area contributed by atoms with E-state index in [1.807, 2.05) is 0 Å². The normalized spacial score (nSPS) is 15.8. The largest absolute Gasteiger partial charge is 0.494 e. The lowest BCUT2D eigenvalue weighted by Gasteiger charge is -2.29. The predicted octanol–water partition coefficient (Wildman–Crippen LogP) is 5.23. The molecule has 0 atom stereocenters. The maximum absolute atomic E-state index is 13.4.